The molecule has 2 aromatic rings. The molecule has 1 aromatic heterocycles. The molecule has 4 heteroatoms. The summed E-state index contributed by atoms with van der Waals surface area (Å²) < 4.78 is 11.4. The van der Waals surface area contributed by atoms with Crippen LogP contribution in [0.4, 0.5) is 0 Å². The van der Waals surface area contributed by atoms with E-state index < -0.39 is 0 Å². The molecule has 1 fully saturated rings. The molecule has 0 radical (unpaired) electrons. The van der Waals surface area contributed by atoms with Crippen LogP contribution in [0.3, 0.4) is 0 Å². The van der Waals surface area contributed by atoms with Crippen LogP contribution in [0, 0.1) is 6.92 Å². The number of aryl methyl sites for hydroxylation is 1. The molecule has 0 saturated carbocycles. The molecule has 1 aliphatic heterocycles. The second-order valence-corrected chi connectivity index (χ2v) is 6.63. The van der Waals surface area contributed by atoms with Gasteiger partial charge < -0.3 is 9.26 Å². The van der Waals surface area contributed by atoms with E-state index in [0.717, 1.165) is 28.5 Å². The normalized spacial score (nSPS) is 20.8. The summed E-state index contributed by atoms with van der Waals surface area (Å²) in [5.74, 6) is 2.87. The Labute approximate surface area is 137 Å². The van der Waals surface area contributed by atoms with Crippen molar-refractivity contribution in [2.45, 2.75) is 52.1 Å². The summed E-state index contributed by atoms with van der Waals surface area (Å²) in [4.78, 5) is 0. The van der Waals surface area contributed by atoms with Gasteiger partial charge in [-0.3, -0.25) is 0 Å². The predicted octanol–water partition coefficient (Wildman–Crippen LogP) is 5.09. The molecule has 1 saturated heterocycles. The van der Waals surface area contributed by atoms with Gasteiger partial charge >= 0.3 is 0 Å². The first-order valence-corrected chi connectivity index (χ1v) is 8.63. The second kappa shape index (κ2) is 7.84. The summed E-state index contributed by atoms with van der Waals surface area (Å²) in [6.07, 6.45) is 3.20. The maximum absolute atomic E-state index is 5.87. The van der Waals surface area contributed by atoms with Crippen molar-refractivity contribution in [2.75, 3.05) is 5.75 Å². The van der Waals surface area contributed by atoms with Crippen LogP contribution >= 0.6 is 11.8 Å². The molecular formula is C18H25NO2S. The van der Waals surface area contributed by atoms with E-state index in [4.69, 9.17) is 9.26 Å². The third-order valence-corrected chi connectivity index (χ3v) is 4.99. The Morgan fingerprint density at radius 2 is 2.00 bits per heavy atom. The van der Waals surface area contributed by atoms with Crippen LogP contribution in [0.15, 0.2) is 34.9 Å². The lowest BCUT2D eigenvalue weighted by molar-refractivity contribution is 0.0700. The number of hydrogen-bond acceptors (Lipinski definition) is 4. The van der Waals surface area contributed by atoms with Gasteiger partial charge in [-0.25, -0.2) is 0 Å². The van der Waals surface area contributed by atoms with E-state index in [1.165, 1.54) is 18.4 Å². The fraction of sp³-hybridized carbons (Fsp3) is 0.500. The number of nitrogens with zero attached hydrogens (tertiary/aromatic N) is 1. The third kappa shape index (κ3) is 3.93. The molecule has 0 amide bonds. The van der Waals surface area contributed by atoms with Crippen LogP contribution in [-0.4, -0.2) is 23.1 Å². The fourth-order valence-electron chi connectivity index (χ4n) is 2.68. The molecule has 2 unspecified atom stereocenters. The Balaban J connectivity index is 0.00000176. The van der Waals surface area contributed by atoms with Crippen molar-refractivity contribution in [3.05, 3.63) is 41.6 Å². The van der Waals surface area contributed by atoms with Crippen molar-refractivity contribution in [3.8, 4) is 11.3 Å². The predicted molar refractivity (Wildman–Crippen MR) is 93.1 cm³/mol. The molecule has 1 aromatic carbocycles. The monoisotopic (exact) mass is 319 g/mol. The van der Waals surface area contributed by atoms with Crippen molar-refractivity contribution in [1.29, 1.82) is 0 Å². The standard InChI is InChI=1S/C17H21NO2S.CH4/c1-12-8-9-15(19-12)10-21-11-16-13(2)18-20-17(16)14-6-4-3-5-7-14;/h3-7,12,15H,8-11H2,1-2H3;1H4. The van der Waals surface area contributed by atoms with E-state index >= 15 is 0 Å². The van der Waals surface area contributed by atoms with Crippen LogP contribution in [-0.2, 0) is 10.5 Å². The number of ether oxygens (including phenoxy) is 1. The van der Waals surface area contributed by atoms with Gasteiger partial charge in [0.25, 0.3) is 0 Å². The molecule has 2 heterocycles. The van der Waals surface area contributed by atoms with Gasteiger partial charge in [0.05, 0.1) is 17.9 Å². The molecule has 22 heavy (non-hydrogen) atoms. The number of hydrogen-bond donors (Lipinski definition) is 0. The number of thioether (sulfide) groups is 1. The van der Waals surface area contributed by atoms with E-state index in [-0.39, 0.29) is 7.43 Å². The Bertz CT molecular complexity index is 582. The molecule has 1 aliphatic rings. The van der Waals surface area contributed by atoms with Crippen molar-refractivity contribution < 1.29 is 9.26 Å². The largest absolute Gasteiger partial charge is 0.374 e. The molecule has 3 nitrogen and oxygen atoms in total. The van der Waals surface area contributed by atoms with Gasteiger partial charge in [-0.15, -0.1) is 0 Å². The van der Waals surface area contributed by atoms with Crippen LogP contribution in [0.25, 0.3) is 11.3 Å². The van der Waals surface area contributed by atoms with Gasteiger partial charge in [0.1, 0.15) is 0 Å². The Morgan fingerprint density at radius 3 is 2.68 bits per heavy atom. The highest BCUT2D eigenvalue weighted by Gasteiger charge is 2.22. The van der Waals surface area contributed by atoms with Crippen molar-refractivity contribution >= 4 is 11.8 Å². The summed E-state index contributed by atoms with van der Waals surface area (Å²) in [7, 11) is 0. The molecule has 3 rings (SSSR count). The van der Waals surface area contributed by atoms with E-state index in [0.29, 0.717) is 12.2 Å². The Hall–Kier alpha value is -1.26. The van der Waals surface area contributed by atoms with E-state index in [1.54, 1.807) is 0 Å². The zero-order valence-electron chi connectivity index (χ0n) is 12.5. The first-order chi connectivity index (χ1) is 10.2. The smallest absolute Gasteiger partial charge is 0.171 e. The number of rotatable bonds is 5. The van der Waals surface area contributed by atoms with E-state index in [9.17, 15) is 0 Å². The minimum absolute atomic E-state index is 0. The van der Waals surface area contributed by atoms with Crippen LogP contribution < -0.4 is 0 Å². The summed E-state index contributed by atoms with van der Waals surface area (Å²) in [6, 6.07) is 10.2. The van der Waals surface area contributed by atoms with Gasteiger partial charge in [-0.2, -0.15) is 11.8 Å². The topological polar surface area (TPSA) is 35.3 Å². The van der Waals surface area contributed by atoms with E-state index in [2.05, 4.69) is 24.2 Å². The lowest BCUT2D eigenvalue weighted by Gasteiger charge is -2.10. The van der Waals surface area contributed by atoms with Gasteiger partial charge in [0.15, 0.2) is 5.76 Å². The highest BCUT2D eigenvalue weighted by atomic mass is 32.2. The minimum atomic E-state index is 0. The maximum Gasteiger partial charge on any atom is 0.171 e. The lowest BCUT2D eigenvalue weighted by Crippen LogP contribution is -2.11. The summed E-state index contributed by atoms with van der Waals surface area (Å²) in [6.45, 7) is 4.17. The Morgan fingerprint density at radius 1 is 1.23 bits per heavy atom. The van der Waals surface area contributed by atoms with Crippen LogP contribution in [0.1, 0.15) is 38.4 Å². The fourth-order valence-corrected chi connectivity index (χ4v) is 3.85. The van der Waals surface area contributed by atoms with Crippen LogP contribution in [0.2, 0.25) is 0 Å². The first-order valence-electron chi connectivity index (χ1n) is 7.48. The molecule has 0 aliphatic carbocycles. The first kappa shape index (κ1) is 17.1. The molecule has 0 spiro atoms. The third-order valence-electron chi connectivity index (χ3n) is 3.89. The van der Waals surface area contributed by atoms with Gasteiger partial charge in [0.2, 0.25) is 0 Å². The average molecular weight is 319 g/mol. The highest BCUT2D eigenvalue weighted by molar-refractivity contribution is 7.98. The molecule has 120 valence electrons. The van der Waals surface area contributed by atoms with E-state index in [1.807, 2.05) is 36.9 Å². The number of benzene rings is 1. The maximum atomic E-state index is 5.87. The average Bonchev–Trinajstić information content (AvgIpc) is 3.07. The Kier molecular flexibility index (Phi) is 6.09. The molecular weight excluding hydrogens is 294 g/mol. The number of aromatic nitrogens is 1. The quantitative estimate of drug-likeness (QED) is 0.769. The minimum Gasteiger partial charge on any atom is -0.374 e. The van der Waals surface area contributed by atoms with Gasteiger partial charge in [-0.05, 0) is 26.7 Å². The van der Waals surface area contributed by atoms with Gasteiger partial charge in [-0.1, -0.05) is 42.9 Å². The van der Waals surface area contributed by atoms with Crippen LogP contribution in [0.5, 0.6) is 0 Å². The molecule has 2 atom stereocenters. The van der Waals surface area contributed by atoms with Crippen molar-refractivity contribution in [1.82, 2.24) is 5.16 Å². The highest BCUT2D eigenvalue weighted by Crippen LogP contribution is 2.30. The SMILES string of the molecule is C.Cc1noc(-c2ccccc2)c1CSCC1CCC(C)O1. The molecule has 0 N–H and O–H groups in total. The zero-order chi connectivity index (χ0) is 14.7. The van der Waals surface area contributed by atoms with Gasteiger partial charge in [0, 0.05) is 22.6 Å². The summed E-state index contributed by atoms with van der Waals surface area (Å²) in [5, 5.41) is 4.14. The second-order valence-electron chi connectivity index (χ2n) is 5.60. The van der Waals surface area contributed by atoms with Crippen molar-refractivity contribution in [2.24, 2.45) is 0 Å². The summed E-state index contributed by atoms with van der Waals surface area (Å²) >= 11 is 1.91. The molecule has 0 bridgehead atoms. The summed E-state index contributed by atoms with van der Waals surface area (Å²) in [5.41, 5.74) is 3.29. The zero-order valence-corrected chi connectivity index (χ0v) is 13.4. The van der Waals surface area contributed by atoms with Crippen molar-refractivity contribution in [3.63, 3.8) is 0 Å². The lowest BCUT2D eigenvalue weighted by atomic mass is 10.1.